The largest absolute Gasteiger partial charge is 0.398 e. The van der Waals surface area contributed by atoms with Crippen LogP contribution in [0.1, 0.15) is 24.0 Å². The Kier molecular flexibility index (Phi) is 3.70. The summed E-state index contributed by atoms with van der Waals surface area (Å²) in [5.74, 6) is 0. The van der Waals surface area contributed by atoms with Gasteiger partial charge in [0, 0.05) is 18.8 Å². The fraction of sp³-hybridized carbons (Fsp3) is 0.571. The third-order valence-electron chi connectivity index (χ3n) is 4.08. The van der Waals surface area contributed by atoms with Crippen LogP contribution in [-0.4, -0.2) is 39.0 Å². The minimum Gasteiger partial charge on any atom is -0.398 e. The minimum atomic E-state index is -3.44. The maximum atomic E-state index is 12.6. The molecule has 0 saturated carbocycles. The fourth-order valence-electron chi connectivity index (χ4n) is 2.96. The maximum absolute atomic E-state index is 12.6. The van der Waals surface area contributed by atoms with Crippen molar-refractivity contribution in [1.82, 2.24) is 4.31 Å². The summed E-state index contributed by atoms with van der Waals surface area (Å²) in [4.78, 5) is 0.331. The van der Waals surface area contributed by atoms with Crippen molar-refractivity contribution in [3.05, 3.63) is 23.3 Å². The van der Waals surface area contributed by atoms with Gasteiger partial charge < -0.3 is 10.5 Å². The second-order valence-corrected chi connectivity index (χ2v) is 7.31. The van der Waals surface area contributed by atoms with Crippen molar-refractivity contribution in [3.8, 4) is 0 Å². The van der Waals surface area contributed by atoms with Gasteiger partial charge in [-0.3, -0.25) is 0 Å². The van der Waals surface area contributed by atoms with Gasteiger partial charge in [-0.15, -0.1) is 0 Å². The van der Waals surface area contributed by atoms with Crippen molar-refractivity contribution in [2.24, 2.45) is 0 Å². The van der Waals surface area contributed by atoms with E-state index >= 15 is 0 Å². The summed E-state index contributed by atoms with van der Waals surface area (Å²) >= 11 is 0. The van der Waals surface area contributed by atoms with Gasteiger partial charge in [-0.2, -0.15) is 4.31 Å². The number of fused-ring (bicyclic) bond motifs is 1. The van der Waals surface area contributed by atoms with Gasteiger partial charge >= 0.3 is 0 Å². The Bertz CT molecular complexity index is 607. The molecule has 0 spiro atoms. The molecule has 0 aromatic heterocycles. The van der Waals surface area contributed by atoms with Crippen molar-refractivity contribution in [2.75, 3.05) is 32.0 Å². The monoisotopic (exact) mass is 296 g/mol. The van der Waals surface area contributed by atoms with E-state index in [2.05, 4.69) is 0 Å². The zero-order chi connectivity index (χ0) is 14.2. The maximum Gasteiger partial charge on any atom is 0.243 e. The first kappa shape index (κ1) is 13.9. The number of benzene rings is 1. The number of sulfonamides is 1. The molecule has 0 unspecified atom stereocenters. The average Bonchev–Trinajstić information content (AvgIpc) is 2.48. The number of rotatable bonds is 2. The van der Waals surface area contributed by atoms with E-state index in [-0.39, 0.29) is 0 Å². The van der Waals surface area contributed by atoms with Crippen molar-refractivity contribution in [3.63, 3.8) is 0 Å². The van der Waals surface area contributed by atoms with Gasteiger partial charge in [0.2, 0.25) is 10.0 Å². The molecule has 0 radical (unpaired) electrons. The lowest BCUT2D eigenvalue weighted by molar-refractivity contribution is 0.0730. The first-order chi connectivity index (χ1) is 9.59. The van der Waals surface area contributed by atoms with Gasteiger partial charge in [0.15, 0.2) is 0 Å². The Hall–Kier alpha value is -1.11. The number of aryl methyl sites for hydroxylation is 1. The van der Waals surface area contributed by atoms with Crippen LogP contribution in [0.2, 0.25) is 0 Å². The highest BCUT2D eigenvalue weighted by atomic mass is 32.2. The SMILES string of the molecule is Nc1cc(S(=O)(=O)N2CCOCC2)cc2c1CCCC2. The Morgan fingerprint density at radius 1 is 1.10 bits per heavy atom. The molecule has 1 saturated heterocycles. The number of hydrogen-bond donors (Lipinski definition) is 1. The Balaban J connectivity index is 1.99. The third kappa shape index (κ3) is 2.43. The van der Waals surface area contributed by atoms with E-state index in [9.17, 15) is 8.42 Å². The van der Waals surface area contributed by atoms with Gasteiger partial charge in [0.25, 0.3) is 0 Å². The number of nitrogens with two attached hydrogens (primary N) is 1. The van der Waals surface area contributed by atoms with E-state index in [1.165, 1.54) is 4.31 Å². The smallest absolute Gasteiger partial charge is 0.243 e. The molecule has 1 heterocycles. The molecule has 3 rings (SSSR count). The number of nitrogen functional groups attached to an aromatic ring is 1. The Morgan fingerprint density at radius 3 is 2.55 bits per heavy atom. The summed E-state index contributed by atoms with van der Waals surface area (Å²) in [6.45, 7) is 1.75. The minimum absolute atomic E-state index is 0.331. The van der Waals surface area contributed by atoms with Crippen LogP contribution in [0, 0.1) is 0 Å². The quantitative estimate of drug-likeness (QED) is 0.832. The molecule has 20 heavy (non-hydrogen) atoms. The highest BCUT2D eigenvalue weighted by Gasteiger charge is 2.28. The zero-order valence-corrected chi connectivity index (χ0v) is 12.3. The molecule has 0 amide bonds. The first-order valence-corrected chi connectivity index (χ1v) is 8.52. The fourth-order valence-corrected chi connectivity index (χ4v) is 4.45. The first-order valence-electron chi connectivity index (χ1n) is 7.08. The lowest BCUT2D eigenvalue weighted by Crippen LogP contribution is -2.40. The number of hydrogen-bond acceptors (Lipinski definition) is 4. The predicted octanol–water partition coefficient (Wildman–Crippen LogP) is 1.17. The van der Waals surface area contributed by atoms with Gasteiger partial charge in [-0.25, -0.2) is 8.42 Å². The highest BCUT2D eigenvalue weighted by Crippen LogP contribution is 2.30. The number of anilines is 1. The molecular weight excluding hydrogens is 276 g/mol. The summed E-state index contributed by atoms with van der Waals surface area (Å²) in [5, 5.41) is 0. The van der Waals surface area contributed by atoms with E-state index in [0.717, 1.165) is 36.8 Å². The summed E-state index contributed by atoms with van der Waals surface area (Å²) in [6.07, 6.45) is 4.12. The lowest BCUT2D eigenvalue weighted by Gasteiger charge is -2.27. The number of ether oxygens (including phenoxy) is 1. The predicted molar refractivity (Wildman–Crippen MR) is 77.1 cm³/mol. The zero-order valence-electron chi connectivity index (χ0n) is 11.5. The molecular formula is C14H20N2O3S. The molecule has 1 aliphatic carbocycles. The van der Waals surface area contributed by atoms with Crippen LogP contribution in [0.5, 0.6) is 0 Å². The van der Waals surface area contributed by atoms with Gasteiger partial charge in [0.1, 0.15) is 0 Å². The van der Waals surface area contributed by atoms with Crippen LogP contribution in [0.15, 0.2) is 17.0 Å². The van der Waals surface area contributed by atoms with Crippen molar-refractivity contribution >= 4 is 15.7 Å². The molecule has 0 atom stereocenters. The topological polar surface area (TPSA) is 72.6 Å². The lowest BCUT2D eigenvalue weighted by atomic mass is 9.91. The third-order valence-corrected chi connectivity index (χ3v) is 5.96. The summed E-state index contributed by atoms with van der Waals surface area (Å²) < 4.78 is 32.0. The molecule has 2 N–H and O–H groups in total. The van der Waals surface area contributed by atoms with Crippen LogP contribution in [0.4, 0.5) is 5.69 Å². The molecule has 1 aromatic carbocycles. The number of nitrogens with zero attached hydrogens (tertiary/aromatic N) is 1. The Labute approximate surface area is 119 Å². The normalized spacial score (nSPS) is 20.6. The van der Waals surface area contributed by atoms with E-state index in [0.29, 0.717) is 36.9 Å². The van der Waals surface area contributed by atoms with Crippen molar-refractivity contribution < 1.29 is 13.2 Å². The van der Waals surface area contributed by atoms with E-state index < -0.39 is 10.0 Å². The van der Waals surface area contributed by atoms with Crippen LogP contribution in [-0.2, 0) is 27.6 Å². The van der Waals surface area contributed by atoms with Gasteiger partial charge in [-0.05, 0) is 48.9 Å². The van der Waals surface area contributed by atoms with E-state index in [1.54, 1.807) is 6.07 Å². The van der Waals surface area contributed by atoms with E-state index in [4.69, 9.17) is 10.5 Å². The summed E-state index contributed by atoms with van der Waals surface area (Å²) in [7, 11) is -3.44. The standard InChI is InChI=1S/C14H20N2O3S/c15-14-10-12(9-11-3-1-2-4-13(11)14)20(17,18)16-5-7-19-8-6-16/h9-10H,1-8,15H2. The molecule has 110 valence electrons. The molecule has 6 heteroatoms. The van der Waals surface area contributed by atoms with Crippen LogP contribution in [0.3, 0.4) is 0 Å². The van der Waals surface area contributed by atoms with Crippen molar-refractivity contribution in [2.45, 2.75) is 30.6 Å². The number of morpholine rings is 1. The molecule has 1 fully saturated rings. The van der Waals surface area contributed by atoms with Gasteiger partial charge in [-0.1, -0.05) is 0 Å². The molecule has 1 aromatic rings. The van der Waals surface area contributed by atoms with Gasteiger partial charge in [0.05, 0.1) is 18.1 Å². The van der Waals surface area contributed by atoms with E-state index in [1.807, 2.05) is 6.07 Å². The summed E-state index contributed by atoms with van der Waals surface area (Å²) in [5.41, 5.74) is 8.92. The van der Waals surface area contributed by atoms with Crippen LogP contribution in [0.25, 0.3) is 0 Å². The molecule has 0 bridgehead atoms. The second kappa shape index (κ2) is 5.35. The molecule has 1 aliphatic heterocycles. The summed E-state index contributed by atoms with van der Waals surface area (Å²) in [6, 6.07) is 3.44. The molecule has 2 aliphatic rings. The van der Waals surface area contributed by atoms with Crippen molar-refractivity contribution in [1.29, 1.82) is 0 Å². The van der Waals surface area contributed by atoms with Crippen LogP contribution >= 0.6 is 0 Å². The second-order valence-electron chi connectivity index (χ2n) is 5.37. The highest BCUT2D eigenvalue weighted by molar-refractivity contribution is 7.89. The average molecular weight is 296 g/mol. The Morgan fingerprint density at radius 2 is 1.80 bits per heavy atom. The van der Waals surface area contributed by atoms with Crippen LogP contribution < -0.4 is 5.73 Å². The molecule has 5 nitrogen and oxygen atoms in total.